The number of thiazole rings is 1. The molecule has 0 bridgehead atoms. The molecule has 0 aliphatic heterocycles. The molecule has 1 N–H and O–H groups in total. The van der Waals surface area contributed by atoms with E-state index >= 15 is 0 Å². The van der Waals surface area contributed by atoms with Crippen LogP contribution in [0.15, 0.2) is 45.8 Å². The summed E-state index contributed by atoms with van der Waals surface area (Å²) in [5.74, 6) is 0.983. The van der Waals surface area contributed by atoms with Crippen LogP contribution in [0.25, 0.3) is 10.2 Å². The number of sulfonamides is 1. The Morgan fingerprint density at radius 3 is 2.76 bits per heavy atom. The van der Waals surface area contributed by atoms with E-state index in [1.807, 2.05) is 13.0 Å². The molecule has 0 saturated heterocycles. The first-order chi connectivity index (χ1) is 11.9. The Balaban J connectivity index is 1.95. The third-order valence-electron chi connectivity index (χ3n) is 3.31. The van der Waals surface area contributed by atoms with Gasteiger partial charge in [0.1, 0.15) is 16.4 Å². The predicted molar refractivity (Wildman–Crippen MR) is 102 cm³/mol. The van der Waals surface area contributed by atoms with E-state index in [-0.39, 0.29) is 15.8 Å². The molecule has 6 nitrogen and oxygen atoms in total. The summed E-state index contributed by atoms with van der Waals surface area (Å²) in [5.41, 5.74) is 0.701. The van der Waals surface area contributed by atoms with E-state index in [4.69, 9.17) is 9.47 Å². The highest BCUT2D eigenvalue weighted by molar-refractivity contribution is 9.10. The minimum Gasteiger partial charge on any atom is -0.495 e. The third kappa shape index (κ3) is 3.88. The number of rotatable bonds is 6. The molecule has 1 aromatic heterocycles. The van der Waals surface area contributed by atoms with Crippen LogP contribution in [-0.2, 0) is 10.0 Å². The van der Waals surface area contributed by atoms with Crippen molar-refractivity contribution in [2.45, 2.75) is 11.8 Å². The van der Waals surface area contributed by atoms with Gasteiger partial charge in [-0.25, -0.2) is 13.4 Å². The largest absolute Gasteiger partial charge is 0.495 e. The number of nitrogens with one attached hydrogen (secondary N) is 1. The maximum atomic E-state index is 12.7. The van der Waals surface area contributed by atoms with Gasteiger partial charge < -0.3 is 9.47 Å². The highest BCUT2D eigenvalue weighted by Gasteiger charge is 2.21. The van der Waals surface area contributed by atoms with Crippen LogP contribution >= 0.6 is 27.3 Å². The van der Waals surface area contributed by atoms with Gasteiger partial charge in [-0.1, -0.05) is 27.3 Å². The molecule has 0 radical (unpaired) electrons. The molecule has 0 atom stereocenters. The first-order valence-electron chi connectivity index (χ1n) is 7.32. The van der Waals surface area contributed by atoms with Gasteiger partial charge in [0.15, 0.2) is 5.13 Å². The van der Waals surface area contributed by atoms with Crippen molar-refractivity contribution in [2.24, 2.45) is 0 Å². The summed E-state index contributed by atoms with van der Waals surface area (Å²) in [5, 5.41) is 0.283. The average Bonchev–Trinajstić information content (AvgIpc) is 2.95. The van der Waals surface area contributed by atoms with Crippen LogP contribution in [0.5, 0.6) is 11.5 Å². The van der Waals surface area contributed by atoms with Crippen LogP contribution in [0.1, 0.15) is 6.92 Å². The van der Waals surface area contributed by atoms with Crippen molar-refractivity contribution < 1.29 is 17.9 Å². The SMILES string of the molecule is CCOc1ccc2nc(NS(=O)(=O)c3cc(Br)ccc3OC)sc2c1. The van der Waals surface area contributed by atoms with Crippen molar-refractivity contribution in [1.82, 2.24) is 4.98 Å². The maximum absolute atomic E-state index is 12.7. The standard InChI is InChI=1S/C16H15BrN2O4S2/c1-3-23-11-5-6-12-14(9-11)24-16(18-12)19-25(20,21)15-8-10(17)4-7-13(15)22-2/h4-9H,3H2,1-2H3,(H,18,19). The molecule has 0 spiro atoms. The van der Waals surface area contributed by atoms with Crippen LogP contribution in [-0.4, -0.2) is 27.1 Å². The molecule has 2 aromatic carbocycles. The summed E-state index contributed by atoms with van der Waals surface area (Å²) in [6, 6.07) is 10.2. The topological polar surface area (TPSA) is 77.5 Å². The lowest BCUT2D eigenvalue weighted by Crippen LogP contribution is -2.14. The highest BCUT2D eigenvalue weighted by Crippen LogP contribution is 2.33. The molecule has 3 aromatic rings. The molecule has 25 heavy (non-hydrogen) atoms. The number of fused-ring (bicyclic) bond motifs is 1. The number of aromatic nitrogens is 1. The van der Waals surface area contributed by atoms with Gasteiger partial charge in [-0.2, -0.15) is 0 Å². The predicted octanol–water partition coefficient (Wildman–Crippen LogP) is 4.27. The molecule has 3 rings (SSSR count). The molecular formula is C16H15BrN2O4S2. The van der Waals surface area contributed by atoms with Crippen LogP contribution in [0.4, 0.5) is 5.13 Å². The van der Waals surface area contributed by atoms with Gasteiger partial charge >= 0.3 is 0 Å². The molecular weight excluding hydrogens is 428 g/mol. The number of hydrogen-bond acceptors (Lipinski definition) is 6. The lowest BCUT2D eigenvalue weighted by atomic mass is 10.3. The van der Waals surface area contributed by atoms with Gasteiger partial charge in [-0.3, -0.25) is 4.72 Å². The molecule has 9 heteroatoms. The van der Waals surface area contributed by atoms with Crippen molar-refractivity contribution in [3.05, 3.63) is 40.9 Å². The highest BCUT2D eigenvalue weighted by atomic mass is 79.9. The van der Waals surface area contributed by atoms with Gasteiger partial charge in [0.2, 0.25) is 0 Å². The van der Waals surface area contributed by atoms with Gasteiger partial charge in [0, 0.05) is 4.47 Å². The van der Waals surface area contributed by atoms with Crippen molar-refractivity contribution in [2.75, 3.05) is 18.4 Å². The van der Waals surface area contributed by atoms with E-state index in [9.17, 15) is 8.42 Å². The summed E-state index contributed by atoms with van der Waals surface area (Å²) in [6.07, 6.45) is 0. The second-order valence-corrected chi connectivity index (χ2v) is 8.58. The molecule has 0 aliphatic rings. The van der Waals surface area contributed by atoms with E-state index < -0.39 is 10.0 Å². The third-order valence-corrected chi connectivity index (χ3v) is 6.22. The summed E-state index contributed by atoms with van der Waals surface area (Å²) in [7, 11) is -2.41. The number of methoxy groups -OCH3 is 1. The quantitative estimate of drug-likeness (QED) is 0.616. The Bertz CT molecular complexity index is 1020. The number of nitrogens with zero attached hydrogens (tertiary/aromatic N) is 1. The van der Waals surface area contributed by atoms with E-state index in [2.05, 4.69) is 25.6 Å². The first kappa shape index (κ1) is 18.0. The van der Waals surface area contributed by atoms with Gasteiger partial charge in [-0.15, -0.1) is 0 Å². The zero-order valence-electron chi connectivity index (χ0n) is 13.4. The molecule has 0 aliphatic carbocycles. The molecule has 0 amide bonds. The number of halogens is 1. The molecule has 1 heterocycles. The summed E-state index contributed by atoms with van der Waals surface area (Å²) in [6.45, 7) is 2.47. The van der Waals surface area contributed by atoms with Gasteiger partial charge in [-0.05, 0) is 43.3 Å². The van der Waals surface area contributed by atoms with Crippen LogP contribution in [0.2, 0.25) is 0 Å². The Hall–Kier alpha value is -1.84. The fourth-order valence-electron chi connectivity index (χ4n) is 2.24. The number of anilines is 1. The maximum Gasteiger partial charge on any atom is 0.267 e. The zero-order valence-corrected chi connectivity index (χ0v) is 16.7. The first-order valence-corrected chi connectivity index (χ1v) is 10.4. The van der Waals surface area contributed by atoms with E-state index in [1.54, 1.807) is 24.3 Å². The second kappa shape index (κ2) is 7.19. The fraction of sp³-hybridized carbons (Fsp3) is 0.188. The summed E-state index contributed by atoms with van der Waals surface area (Å²) < 4.78 is 40.0. The number of benzene rings is 2. The molecule has 0 fully saturated rings. The van der Waals surface area contributed by atoms with E-state index in [0.717, 1.165) is 10.4 Å². The lowest BCUT2D eigenvalue weighted by molar-refractivity contribution is 0.341. The smallest absolute Gasteiger partial charge is 0.267 e. The minimum absolute atomic E-state index is 0.0404. The lowest BCUT2D eigenvalue weighted by Gasteiger charge is -2.10. The Labute approximate surface area is 158 Å². The fourth-order valence-corrected chi connectivity index (χ4v) is 5.07. The minimum atomic E-state index is -3.83. The van der Waals surface area contributed by atoms with E-state index in [0.29, 0.717) is 16.6 Å². The normalized spacial score (nSPS) is 11.5. The van der Waals surface area contributed by atoms with Crippen LogP contribution in [0, 0.1) is 0 Å². The van der Waals surface area contributed by atoms with Crippen molar-refractivity contribution >= 4 is 52.6 Å². The number of ether oxygens (including phenoxy) is 2. The molecule has 0 unspecified atom stereocenters. The Kier molecular flexibility index (Phi) is 5.16. The Morgan fingerprint density at radius 1 is 1.24 bits per heavy atom. The van der Waals surface area contributed by atoms with Crippen molar-refractivity contribution in [3.8, 4) is 11.5 Å². The van der Waals surface area contributed by atoms with Crippen LogP contribution in [0.3, 0.4) is 0 Å². The van der Waals surface area contributed by atoms with Crippen LogP contribution < -0.4 is 14.2 Å². The number of hydrogen-bond donors (Lipinski definition) is 1. The second-order valence-electron chi connectivity index (χ2n) is 4.98. The molecule has 132 valence electrons. The molecule has 0 saturated carbocycles. The summed E-state index contributed by atoms with van der Waals surface area (Å²) in [4.78, 5) is 4.36. The van der Waals surface area contributed by atoms with Gasteiger partial charge in [0.25, 0.3) is 10.0 Å². The zero-order chi connectivity index (χ0) is 18.0. The average molecular weight is 443 g/mol. The van der Waals surface area contributed by atoms with Crippen molar-refractivity contribution in [3.63, 3.8) is 0 Å². The summed E-state index contributed by atoms with van der Waals surface area (Å²) >= 11 is 4.52. The van der Waals surface area contributed by atoms with Gasteiger partial charge in [0.05, 0.1) is 23.9 Å². The Morgan fingerprint density at radius 2 is 2.04 bits per heavy atom. The monoisotopic (exact) mass is 442 g/mol. The van der Waals surface area contributed by atoms with E-state index in [1.165, 1.54) is 24.5 Å². The van der Waals surface area contributed by atoms with Crippen molar-refractivity contribution in [1.29, 1.82) is 0 Å².